The SMILES string of the molecule is N#Cc1cc(-n2c3ccccc3c3c4c(ccc32)sc2ccccc24)c(C#N)cc1-n1c2c(c3ccccc31)C1c3ccccc3SC1C=C2. The minimum absolute atomic E-state index is 0.213. The highest BCUT2D eigenvalue weighted by atomic mass is 32.2. The first-order valence-electron chi connectivity index (χ1n) is 16.6. The Balaban J connectivity index is 1.20. The zero-order valence-corrected chi connectivity index (χ0v) is 28.1. The number of thiophene rings is 1. The van der Waals surface area contributed by atoms with Gasteiger partial charge in [0, 0.05) is 52.4 Å². The van der Waals surface area contributed by atoms with E-state index < -0.39 is 0 Å². The topological polar surface area (TPSA) is 57.4 Å². The van der Waals surface area contributed by atoms with Crippen LogP contribution in [0, 0.1) is 22.7 Å². The fraction of sp³-hybridized carbons (Fsp3) is 0.0455. The zero-order chi connectivity index (χ0) is 33.1. The average molecular weight is 673 g/mol. The number of nitrogens with zero attached hydrogens (tertiary/aromatic N) is 4. The molecule has 3 aromatic heterocycles. The summed E-state index contributed by atoms with van der Waals surface area (Å²) in [5.41, 5.74) is 9.23. The van der Waals surface area contributed by atoms with E-state index in [0.717, 1.165) is 33.3 Å². The van der Waals surface area contributed by atoms with Crippen LogP contribution < -0.4 is 0 Å². The van der Waals surface area contributed by atoms with Crippen molar-refractivity contribution in [2.75, 3.05) is 0 Å². The number of rotatable bonds is 2. The van der Waals surface area contributed by atoms with Crippen LogP contribution in [0.1, 0.15) is 33.9 Å². The quantitative estimate of drug-likeness (QED) is 0.184. The molecule has 4 heterocycles. The monoisotopic (exact) mass is 672 g/mol. The van der Waals surface area contributed by atoms with Crippen molar-refractivity contribution < 1.29 is 0 Å². The van der Waals surface area contributed by atoms with Gasteiger partial charge in [-0.25, -0.2) is 0 Å². The van der Waals surface area contributed by atoms with Crippen molar-refractivity contribution in [3.05, 3.63) is 155 Å². The van der Waals surface area contributed by atoms with Crippen molar-refractivity contribution >= 4 is 82.1 Å². The predicted octanol–water partition coefficient (Wildman–Crippen LogP) is 11.5. The molecule has 0 amide bonds. The van der Waals surface area contributed by atoms with Crippen molar-refractivity contribution in [3.8, 4) is 23.5 Å². The summed E-state index contributed by atoms with van der Waals surface area (Å²) in [6, 6.07) is 47.5. The Hall–Kier alpha value is -6.05. The van der Waals surface area contributed by atoms with E-state index in [-0.39, 0.29) is 5.92 Å². The van der Waals surface area contributed by atoms with E-state index in [2.05, 4.69) is 137 Å². The summed E-state index contributed by atoms with van der Waals surface area (Å²) in [6.45, 7) is 0. The van der Waals surface area contributed by atoms with E-state index in [9.17, 15) is 10.5 Å². The molecule has 1 aliphatic carbocycles. The molecule has 4 nitrogen and oxygen atoms in total. The van der Waals surface area contributed by atoms with Gasteiger partial charge in [-0.05, 0) is 65.7 Å². The van der Waals surface area contributed by atoms with Gasteiger partial charge in [-0.15, -0.1) is 23.1 Å². The van der Waals surface area contributed by atoms with Crippen molar-refractivity contribution in [1.82, 2.24) is 9.13 Å². The maximum atomic E-state index is 10.8. The van der Waals surface area contributed by atoms with Gasteiger partial charge in [-0.3, -0.25) is 0 Å². The van der Waals surface area contributed by atoms with E-state index >= 15 is 0 Å². The molecular formula is C44H24N4S2. The highest BCUT2D eigenvalue weighted by molar-refractivity contribution is 8.00. The molecule has 1 aliphatic heterocycles. The fourth-order valence-corrected chi connectivity index (χ4v) is 11.1. The van der Waals surface area contributed by atoms with Crippen LogP contribution >= 0.6 is 23.1 Å². The van der Waals surface area contributed by atoms with Crippen molar-refractivity contribution in [2.24, 2.45) is 0 Å². The third kappa shape index (κ3) is 3.59. The maximum Gasteiger partial charge on any atom is 0.101 e. The number of benzene rings is 6. The van der Waals surface area contributed by atoms with Crippen LogP contribution in [0.2, 0.25) is 0 Å². The molecule has 0 radical (unpaired) electrons. The van der Waals surface area contributed by atoms with Gasteiger partial charge in [0.1, 0.15) is 12.1 Å². The lowest BCUT2D eigenvalue weighted by Gasteiger charge is -2.23. The summed E-state index contributed by atoms with van der Waals surface area (Å²) in [7, 11) is 0. The number of fused-ring (bicyclic) bond motifs is 14. The lowest BCUT2D eigenvalue weighted by atomic mass is 9.83. The molecule has 50 heavy (non-hydrogen) atoms. The summed E-state index contributed by atoms with van der Waals surface area (Å²) >= 11 is 3.73. The van der Waals surface area contributed by atoms with Crippen LogP contribution in [0.15, 0.2) is 132 Å². The molecule has 2 atom stereocenters. The lowest BCUT2D eigenvalue weighted by Crippen LogP contribution is -2.15. The van der Waals surface area contributed by atoms with Crippen LogP contribution in [0.4, 0.5) is 0 Å². The first-order valence-corrected chi connectivity index (χ1v) is 18.3. The van der Waals surface area contributed by atoms with E-state index in [0.29, 0.717) is 22.1 Å². The Kier molecular flexibility index (Phi) is 5.70. The van der Waals surface area contributed by atoms with E-state index in [1.807, 2.05) is 30.0 Å². The molecule has 6 aromatic carbocycles. The van der Waals surface area contributed by atoms with Crippen LogP contribution in [0.3, 0.4) is 0 Å². The van der Waals surface area contributed by atoms with Crippen LogP contribution in [0.25, 0.3) is 70.3 Å². The van der Waals surface area contributed by atoms with Gasteiger partial charge in [0.2, 0.25) is 0 Å². The van der Waals surface area contributed by atoms with E-state index in [1.54, 1.807) is 11.3 Å². The van der Waals surface area contributed by atoms with Crippen molar-refractivity contribution in [1.29, 1.82) is 10.5 Å². The second kappa shape index (κ2) is 10.2. The molecule has 6 heteroatoms. The molecule has 0 N–H and O–H groups in total. The molecule has 11 rings (SSSR count). The fourth-order valence-electron chi connectivity index (χ4n) is 8.59. The van der Waals surface area contributed by atoms with Gasteiger partial charge < -0.3 is 9.13 Å². The summed E-state index contributed by atoms with van der Waals surface area (Å²) in [5, 5.41) is 27.9. The number of hydrogen-bond donors (Lipinski definition) is 0. The minimum Gasteiger partial charge on any atom is -0.308 e. The first-order chi connectivity index (χ1) is 24.7. The van der Waals surface area contributed by atoms with Crippen molar-refractivity contribution in [3.63, 3.8) is 0 Å². The summed E-state index contributed by atoms with van der Waals surface area (Å²) in [6.07, 6.45) is 4.53. The highest BCUT2D eigenvalue weighted by Crippen LogP contribution is 2.54. The summed E-state index contributed by atoms with van der Waals surface area (Å²) in [4.78, 5) is 1.32. The van der Waals surface area contributed by atoms with Gasteiger partial charge >= 0.3 is 0 Å². The normalized spacial score (nSPS) is 16.2. The third-order valence-electron chi connectivity index (χ3n) is 10.6. The van der Waals surface area contributed by atoms with Crippen LogP contribution in [-0.4, -0.2) is 14.4 Å². The molecule has 0 saturated carbocycles. The second-order valence-electron chi connectivity index (χ2n) is 13.0. The molecule has 232 valence electrons. The van der Waals surface area contributed by atoms with Gasteiger partial charge in [-0.1, -0.05) is 78.9 Å². The zero-order valence-electron chi connectivity index (χ0n) is 26.5. The summed E-state index contributed by atoms with van der Waals surface area (Å²) < 4.78 is 6.88. The van der Waals surface area contributed by atoms with E-state index in [4.69, 9.17) is 0 Å². The number of nitriles is 2. The number of hydrogen-bond acceptors (Lipinski definition) is 4. The van der Waals surface area contributed by atoms with Gasteiger partial charge in [0.25, 0.3) is 0 Å². The first kappa shape index (κ1) is 27.9. The van der Waals surface area contributed by atoms with Gasteiger partial charge in [0.05, 0.1) is 44.7 Å². The summed E-state index contributed by atoms with van der Waals surface area (Å²) in [5.74, 6) is 0.213. The molecule has 2 unspecified atom stereocenters. The third-order valence-corrected chi connectivity index (χ3v) is 13.0. The number of para-hydroxylation sites is 2. The van der Waals surface area contributed by atoms with Crippen LogP contribution in [0.5, 0.6) is 0 Å². The molecule has 9 aromatic rings. The number of aromatic nitrogens is 2. The lowest BCUT2D eigenvalue weighted by molar-refractivity contribution is 0.842. The molecular weight excluding hydrogens is 649 g/mol. The average Bonchev–Trinajstić information content (AvgIpc) is 3.91. The Bertz CT molecular complexity index is 3070. The molecule has 2 aliphatic rings. The standard InChI is InChI=1S/C44H24N4S2/c45-23-25-22-36(48-32-14-6-2-10-28(32)42-34(48)18-20-40-44(42)30-12-4-8-16-38(30)50-40)26(24-46)21-35(25)47-31-13-5-1-9-27(31)41-33(47)17-19-39-43(41)29-11-3-7-15-37(29)49-39/h1-22,39,43H. The predicted molar refractivity (Wildman–Crippen MR) is 207 cm³/mol. The molecule has 0 fully saturated rings. The second-order valence-corrected chi connectivity index (χ2v) is 15.3. The number of thioether (sulfide) groups is 1. The Morgan fingerprint density at radius 1 is 0.580 bits per heavy atom. The Morgan fingerprint density at radius 2 is 1.24 bits per heavy atom. The molecule has 0 bridgehead atoms. The van der Waals surface area contributed by atoms with Crippen molar-refractivity contribution in [2.45, 2.75) is 16.1 Å². The Morgan fingerprint density at radius 3 is 2.04 bits per heavy atom. The largest absolute Gasteiger partial charge is 0.308 e. The van der Waals surface area contributed by atoms with Crippen LogP contribution in [-0.2, 0) is 0 Å². The minimum atomic E-state index is 0.213. The molecule has 0 saturated heterocycles. The smallest absolute Gasteiger partial charge is 0.101 e. The van der Waals surface area contributed by atoms with Gasteiger partial charge in [0.15, 0.2) is 0 Å². The highest BCUT2D eigenvalue weighted by Gasteiger charge is 2.39. The Labute approximate surface area is 295 Å². The van der Waals surface area contributed by atoms with E-state index in [1.165, 1.54) is 47.0 Å². The maximum absolute atomic E-state index is 10.8. The molecule has 0 spiro atoms. The van der Waals surface area contributed by atoms with Gasteiger partial charge in [-0.2, -0.15) is 10.5 Å².